The second-order valence-electron chi connectivity index (χ2n) is 6.19. The van der Waals surface area contributed by atoms with Crippen LogP contribution in [0.2, 0.25) is 0 Å². The molecular weight excluding hydrogens is 234 g/mol. The van der Waals surface area contributed by atoms with E-state index in [0.717, 1.165) is 18.8 Å². The van der Waals surface area contributed by atoms with Gasteiger partial charge >= 0.3 is 0 Å². The Morgan fingerprint density at radius 3 is 2.21 bits per heavy atom. The normalized spacial score (nSPS) is 25.1. The molecule has 0 aliphatic carbocycles. The highest BCUT2D eigenvalue weighted by Gasteiger charge is 2.31. The Morgan fingerprint density at radius 2 is 1.74 bits per heavy atom. The molecule has 0 amide bonds. The van der Waals surface area contributed by atoms with Crippen molar-refractivity contribution in [1.82, 2.24) is 4.90 Å². The van der Waals surface area contributed by atoms with Crippen LogP contribution in [0.15, 0.2) is 18.2 Å². The van der Waals surface area contributed by atoms with Crippen LogP contribution in [0.3, 0.4) is 0 Å². The van der Waals surface area contributed by atoms with Crippen molar-refractivity contribution >= 4 is 11.4 Å². The summed E-state index contributed by atoms with van der Waals surface area (Å²) in [5, 5.41) is 0. The van der Waals surface area contributed by atoms with Gasteiger partial charge in [0, 0.05) is 42.6 Å². The second kappa shape index (κ2) is 5.41. The van der Waals surface area contributed by atoms with Crippen LogP contribution in [-0.2, 0) is 0 Å². The smallest absolute Gasteiger partial charge is 0.0398 e. The van der Waals surface area contributed by atoms with Crippen molar-refractivity contribution in [3.8, 4) is 0 Å². The summed E-state index contributed by atoms with van der Waals surface area (Å²) in [5.74, 6) is 0. The lowest BCUT2D eigenvalue weighted by Crippen LogP contribution is -2.59. The fourth-order valence-corrected chi connectivity index (χ4v) is 3.58. The first kappa shape index (κ1) is 14.2. The summed E-state index contributed by atoms with van der Waals surface area (Å²) in [6.07, 6.45) is 0. The standard InChI is InChI=1S/C16H27N3/c1-11(2)19-13(4)9-18(10-14(19)5)16-7-6-15(17)8-12(16)3/h6-8,11,13-14H,9-10,17H2,1-5H3/t13-,14+. The third-order valence-electron chi connectivity index (χ3n) is 4.14. The molecule has 0 aromatic heterocycles. The zero-order valence-electron chi connectivity index (χ0n) is 12.9. The van der Waals surface area contributed by atoms with Crippen molar-refractivity contribution in [3.05, 3.63) is 23.8 Å². The molecule has 3 heteroatoms. The van der Waals surface area contributed by atoms with E-state index in [2.05, 4.69) is 56.6 Å². The first-order valence-corrected chi connectivity index (χ1v) is 7.28. The Hall–Kier alpha value is -1.22. The van der Waals surface area contributed by atoms with Crippen LogP contribution in [0.4, 0.5) is 11.4 Å². The summed E-state index contributed by atoms with van der Waals surface area (Å²) >= 11 is 0. The Bertz CT molecular complexity index is 430. The number of hydrogen-bond donors (Lipinski definition) is 1. The number of anilines is 2. The average Bonchev–Trinajstić information content (AvgIpc) is 2.26. The van der Waals surface area contributed by atoms with Crippen LogP contribution >= 0.6 is 0 Å². The Labute approximate surface area is 117 Å². The molecule has 1 aromatic rings. The monoisotopic (exact) mass is 261 g/mol. The first-order chi connectivity index (χ1) is 8.90. The van der Waals surface area contributed by atoms with Crippen molar-refractivity contribution in [2.24, 2.45) is 0 Å². The highest BCUT2D eigenvalue weighted by molar-refractivity contribution is 5.59. The van der Waals surface area contributed by atoms with Crippen molar-refractivity contribution in [2.45, 2.75) is 52.7 Å². The minimum Gasteiger partial charge on any atom is -0.399 e. The molecular formula is C16H27N3. The lowest BCUT2D eigenvalue weighted by molar-refractivity contribution is 0.0954. The van der Waals surface area contributed by atoms with Crippen LogP contribution in [0, 0.1) is 6.92 Å². The van der Waals surface area contributed by atoms with E-state index >= 15 is 0 Å². The molecule has 1 heterocycles. The number of piperazine rings is 1. The van der Waals surface area contributed by atoms with E-state index in [0.29, 0.717) is 18.1 Å². The zero-order valence-corrected chi connectivity index (χ0v) is 12.9. The molecule has 19 heavy (non-hydrogen) atoms. The molecule has 0 bridgehead atoms. The van der Waals surface area contributed by atoms with E-state index in [1.807, 2.05) is 6.07 Å². The van der Waals surface area contributed by atoms with Gasteiger partial charge in [-0.05, 0) is 58.4 Å². The summed E-state index contributed by atoms with van der Waals surface area (Å²) in [4.78, 5) is 5.12. The van der Waals surface area contributed by atoms with Gasteiger partial charge in [-0.3, -0.25) is 4.90 Å². The number of rotatable bonds is 2. The lowest BCUT2D eigenvalue weighted by atomic mass is 10.0. The summed E-state index contributed by atoms with van der Waals surface area (Å²) in [6.45, 7) is 13.6. The summed E-state index contributed by atoms with van der Waals surface area (Å²) in [7, 11) is 0. The predicted molar refractivity (Wildman–Crippen MR) is 83.7 cm³/mol. The van der Waals surface area contributed by atoms with Gasteiger partial charge in [0.2, 0.25) is 0 Å². The lowest BCUT2D eigenvalue weighted by Gasteiger charge is -2.47. The second-order valence-corrected chi connectivity index (χ2v) is 6.19. The van der Waals surface area contributed by atoms with Crippen molar-refractivity contribution in [3.63, 3.8) is 0 Å². The summed E-state index contributed by atoms with van der Waals surface area (Å²) < 4.78 is 0. The van der Waals surface area contributed by atoms with Gasteiger partial charge in [0.1, 0.15) is 0 Å². The Kier molecular flexibility index (Phi) is 4.04. The molecule has 1 fully saturated rings. The van der Waals surface area contributed by atoms with E-state index in [9.17, 15) is 0 Å². The number of nitrogen functional groups attached to an aromatic ring is 1. The van der Waals surface area contributed by atoms with Gasteiger partial charge in [-0.25, -0.2) is 0 Å². The molecule has 2 atom stereocenters. The third-order valence-corrected chi connectivity index (χ3v) is 4.14. The van der Waals surface area contributed by atoms with Crippen LogP contribution in [0.25, 0.3) is 0 Å². The quantitative estimate of drug-likeness (QED) is 0.831. The van der Waals surface area contributed by atoms with Crippen molar-refractivity contribution < 1.29 is 0 Å². The number of nitrogens with zero attached hydrogens (tertiary/aromatic N) is 2. The van der Waals surface area contributed by atoms with Crippen LogP contribution < -0.4 is 10.6 Å². The van der Waals surface area contributed by atoms with Gasteiger partial charge in [-0.15, -0.1) is 0 Å². The summed E-state index contributed by atoms with van der Waals surface area (Å²) in [6, 6.07) is 8.02. The van der Waals surface area contributed by atoms with E-state index in [1.165, 1.54) is 11.3 Å². The highest BCUT2D eigenvalue weighted by atomic mass is 15.3. The van der Waals surface area contributed by atoms with E-state index in [1.54, 1.807) is 0 Å². The largest absolute Gasteiger partial charge is 0.399 e. The fourth-order valence-electron chi connectivity index (χ4n) is 3.58. The summed E-state index contributed by atoms with van der Waals surface area (Å²) in [5.41, 5.74) is 9.30. The molecule has 0 unspecified atom stereocenters. The molecule has 2 N–H and O–H groups in total. The Morgan fingerprint density at radius 1 is 1.16 bits per heavy atom. The molecule has 0 radical (unpaired) electrons. The SMILES string of the molecule is Cc1cc(N)ccc1N1C[C@@H](C)N(C(C)C)[C@@H](C)C1. The van der Waals surface area contributed by atoms with Crippen molar-refractivity contribution in [1.29, 1.82) is 0 Å². The number of hydrogen-bond acceptors (Lipinski definition) is 3. The van der Waals surface area contributed by atoms with Gasteiger partial charge in [0.05, 0.1) is 0 Å². The molecule has 0 saturated carbocycles. The first-order valence-electron chi connectivity index (χ1n) is 7.28. The fraction of sp³-hybridized carbons (Fsp3) is 0.625. The Balaban J connectivity index is 2.20. The van der Waals surface area contributed by atoms with Crippen LogP contribution in [-0.4, -0.2) is 36.1 Å². The molecule has 1 saturated heterocycles. The maximum absolute atomic E-state index is 5.85. The highest BCUT2D eigenvalue weighted by Crippen LogP contribution is 2.27. The van der Waals surface area contributed by atoms with Gasteiger partial charge in [0.25, 0.3) is 0 Å². The van der Waals surface area contributed by atoms with E-state index in [-0.39, 0.29) is 0 Å². The average molecular weight is 261 g/mol. The van der Waals surface area contributed by atoms with Crippen LogP contribution in [0.5, 0.6) is 0 Å². The minimum absolute atomic E-state index is 0.584. The van der Waals surface area contributed by atoms with Gasteiger partial charge in [-0.1, -0.05) is 0 Å². The molecule has 2 rings (SSSR count). The predicted octanol–water partition coefficient (Wildman–Crippen LogP) is 2.88. The molecule has 106 valence electrons. The van der Waals surface area contributed by atoms with E-state index in [4.69, 9.17) is 5.73 Å². The number of benzene rings is 1. The molecule has 0 spiro atoms. The maximum Gasteiger partial charge on any atom is 0.0398 e. The molecule has 1 aliphatic rings. The van der Waals surface area contributed by atoms with E-state index < -0.39 is 0 Å². The van der Waals surface area contributed by atoms with Gasteiger partial charge in [-0.2, -0.15) is 0 Å². The van der Waals surface area contributed by atoms with Gasteiger partial charge in [0.15, 0.2) is 0 Å². The minimum atomic E-state index is 0.584. The zero-order chi connectivity index (χ0) is 14.2. The number of nitrogens with two attached hydrogens (primary N) is 1. The maximum atomic E-state index is 5.85. The topological polar surface area (TPSA) is 32.5 Å². The van der Waals surface area contributed by atoms with Gasteiger partial charge < -0.3 is 10.6 Å². The molecule has 1 aliphatic heterocycles. The molecule has 1 aromatic carbocycles. The van der Waals surface area contributed by atoms with Crippen LogP contribution in [0.1, 0.15) is 33.3 Å². The number of aryl methyl sites for hydroxylation is 1. The molecule has 3 nitrogen and oxygen atoms in total. The van der Waals surface area contributed by atoms with Crippen molar-refractivity contribution in [2.75, 3.05) is 23.7 Å². The third kappa shape index (κ3) is 2.86.